The summed E-state index contributed by atoms with van der Waals surface area (Å²) in [6.07, 6.45) is 3.48. The number of carbonyl (C=O) groups is 1. The molecule has 0 saturated carbocycles. The van der Waals surface area contributed by atoms with Crippen molar-refractivity contribution in [3.63, 3.8) is 0 Å². The van der Waals surface area contributed by atoms with Gasteiger partial charge in [0.15, 0.2) is 5.82 Å². The van der Waals surface area contributed by atoms with Gasteiger partial charge in [-0.25, -0.2) is 4.68 Å². The van der Waals surface area contributed by atoms with Gasteiger partial charge in [-0.15, -0.1) is 5.10 Å². The van der Waals surface area contributed by atoms with Gasteiger partial charge in [0.05, 0.1) is 5.57 Å². The molecule has 2 N–H and O–H groups in total. The van der Waals surface area contributed by atoms with Crippen LogP contribution in [-0.2, 0) is 4.79 Å². The quantitative estimate of drug-likeness (QED) is 0.503. The van der Waals surface area contributed by atoms with Crippen molar-refractivity contribution in [2.24, 2.45) is 0 Å². The summed E-state index contributed by atoms with van der Waals surface area (Å²) in [6.45, 7) is 3.92. The molecule has 7 heteroatoms. The third-order valence-corrected chi connectivity index (χ3v) is 5.51. The maximum atomic E-state index is 13.4. The molecule has 158 valence electrons. The van der Waals surface area contributed by atoms with Crippen molar-refractivity contribution in [3.8, 4) is 11.4 Å². The zero-order chi connectivity index (χ0) is 22.1. The van der Waals surface area contributed by atoms with Crippen LogP contribution in [0.4, 0.5) is 11.6 Å². The Bertz CT molecular complexity index is 1310. The predicted molar refractivity (Wildman–Crippen MR) is 124 cm³/mol. The molecule has 3 heterocycles. The lowest BCUT2D eigenvalue weighted by atomic mass is 9.96. The number of aromatic nitrogens is 4. The lowest BCUT2D eigenvalue weighted by Crippen LogP contribution is -2.31. The molecule has 0 fully saturated rings. The van der Waals surface area contributed by atoms with Gasteiger partial charge in [-0.3, -0.25) is 9.78 Å². The fraction of sp³-hybridized carbons (Fsp3) is 0.120. The molecule has 5 rings (SSSR count). The van der Waals surface area contributed by atoms with Gasteiger partial charge in [0.1, 0.15) is 6.04 Å². The SMILES string of the molecule is CC1=C(C(=O)Nc2ccccc2)C(c2cccnc2)n2nc(-c3ccccc3C)nc2N1. The van der Waals surface area contributed by atoms with Crippen LogP contribution in [0.3, 0.4) is 0 Å². The highest BCUT2D eigenvalue weighted by Crippen LogP contribution is 2.36. The highest BCUT2D eigenvalue weighted by atomic mass is 16.1. The highest BCUT2D eigenvalue weighted by Gasteiger charge is 2.34. The monoisotopic (exact) mass is 422 g/mol. The van der Waals surface area contributed by atoms with Gasteiger partial charge in [0, 0.05) is 29.3 Å². The third kappa shape index (κ3) is 3.54. The van der Waals surface area contributed by atoms with Gasteiger partial charge < -0.3 is 10.6 Å². The van der Waals surface area contributed by atoms with Crippen molar-refractivity contribution in [1.29, 1.82) is 0 Å². The number of fused-ring (bicyclic) bond motifs is 1. The highest BCUT2D eigenvalue weighted by molar-refractivity contribution is 6.06. The van der Waals surface area contributed by atoms with Crippen LogP contribution in [0, 0.1) is 6.92 Å². The number of rotatable bonds is 4. The minimum absolute atomic E-state index is 0.200. The first-order chi connectivity index (χ1) is 15.6. The molecule has 1 atom stereocenters. The molecule has 2 aromatic heterocycles. The molecule has 1 amide bonds. The summed E-state index contributed by atoms with van der Waals surface area (Å²) in [7, 11) is 0. The van der Waals surface area contributed by atoms with E-state index in [2.05, 4.69) is 15.6 Å². The van der Waals surface area contributed by atoms with Crippen molar-refractivity contribution >= 4 is 17.5 Å². The first-order valence-corrected chi connectivity index (χ1v) is 10.4. The van der Waals surface area contributed by atoms with Crippen LogP contribution < -0.4 is 10.6 Å². The first kappa shape index (κ1) is 19.7. The van der Waals surface area contributed by atoms with E-state index in [4.69, 9.17) is 10.1 Å². The minimum Gasteiger partial charge on any atom is -0.328 e. The lowest BCUT2D eigenvalue weighted by Gasteiger charge is -2.28. The number of aryl methyl sites for hydroxylation is 1. The topological polar surface area (TPSA) is 84.7 Å². The maximum Gasteiger partial charge on any atom is 0.255 e. The molecule has 0 bridgehead atoms. The fourth-order valence-electron chi connectivity index (χ4n) is 3.95. The van der Waals surface area contributed by atoms with Crippen molar-refractivity contribution < 1.29 is 4.79 Å². The van der Waals surface area contributed by atoms with Crippen LogP contribution in [0.15, 0.2) is 90.4 Å². The number of allylic oxidation sites excluding steroid dienone is 1. The lowest BCUT2D eigenvalue weighted by molar-refractivity contribution is -0.113. The van der Waals surface area contributed by atoms with E-state index in [1.54, 1.807) is 17.1 Å². The zero-order valence-electron chi connectivity index (χ0n) is 17.8. The molecule has 1 aliphatic heterocycles. The van der Waals surface area contributed by atoms with Crippen LogP contribution in [0.25, 0.3) is 11.4 Å². The van der Waals surface area contributed by atoms with Crippen LogP contribution >= 0.6 is 0 Å². The van der Waals surface area contributed by atoms with Crippen LogP contribution in [0.1, 0.15) is 24.1 Å². The van der Waals surface area contributed by atoms with Gasteiger partial charge in [-0.05, 0) is 43.2 Å². The third-order valence-electron chi connectivity index (χ3n) is 5.51. The molecule has 0 radical (unpaired) electrons. The number of nitrogens with one attached hydrogen (secondary N) is 2. The number of nitrogens with zero attached hydrogens (tertiary/aromatic N) is 4. The Balaban J connectivity index is 1.61. The molecular weight excluding hydrogens is 400 g/mol. The molecule has 7 nitrogen and oxygen atoms in total. The summed E-state index contributed by atoms with van der Waals surface area (Å²) >= 11 is 0. The number of pyridine rings is 1. The van der Waals surface area contributed by atoms with E-state index in [-0.39, 0.29) is 5.91 Å². The molecule has 0 aliphatic carbocycles. The van der Waals surface area contributed by atoms with Gasteiger partial charge in [0.2, 0.25) is 5.95 Å². The summed E-state index contributed by atoms with van der Waals surface area (Å²) in [5, 5.41) is 11.1. The van der Waals surface area contributed by atoms with E-state index in [1.165, 1.54) is 0 Å². The molecule has 0 spiro atoms. The average Bonchev–Trinajstić information content (AvgIpc) is 3.23. The van der Waals surface area contributed by atoms with E-state index in [0.717, 1.165) is 28.1 Å². The Morgan fingerprint density at radius 2 is 1.78 bits per heavy atom. The average molecular weight is 422 g/mol. The number of hydrogen-bond acceptors (Lipinski definition) is 5. The van der Waals surface area contributed by atoms with Gasteiger partial charge in [0.25, 0.3) is 5.91 Å². The standard InChI is InChI=1S/C25H22N6O/c1-16-9-6-7-13-20(16)23-29-25-27-17(2)21(24(32)28-19-11-4-3-5-12-19)22(31(25)30-23)18-10-8-14-26-15-18/h3-15,22H,1-2H3,(H,28,32)(H,27,29,30). The minimum atomic E-state index is -0.464. The second-order valence-corrected chi connectivity index (χ2v) is 7.69. The second-order valence-electron chi connectivity index (χ2n) is 7.69. The van der Waals surface area contributed by atoms with Gasteiger partial charge in [-0.2, -0.15) is 4.98 Å². The van der Waals surface area contributed by atoms with Crippen LogP contribution in [-0.4, -0.2) is 25.7 Å². The van der Waals surface area contributed by atoms with E-state index in [9.17, 15) is 4.79 Å². The molecule has 1 unspecified atom stereocenters. The smallest absolute Gasteiger partial charge is 0.255 e. The van der Waals surface area contributed by atoms with Crippen molar-refractivity contribution in [1.82, 2.24) is 19.7 Å². The first-order valence-electron chi connectivity index (χ1n) is 10.4. The predicted octanol–water partition coefficient (Wildman–Crippen LogP) is 4.58. The number of anilines is 2. The molecule has 1 aliphatic rings. The summed E-state index contributed by atoms with van der Waals surface area (Å²) < 4.78 is 1.77. The van der Waals surface area contributed by atoms with Gasteiger partial charge in [-0.1, -0.05) is 48.5 Å². The number of para-hydroxylation sites is 1. The van der Waals surface area contributed by atoms with E-state index < -0.39 is 6.04 Å². The Kier molecular flexibility index (Phi) is 4.99. The zero-order valence-corrected chi connectivity index (χ0v) is 17.8. The molecule has 0 saturated heterocycles. The molecule has 2 aromatic carbocycles. The summed E-state index contributed by atoms with van der Waals surface area (Å²) in [5.74, 6) is 0.997. The molecule has 32 heavy (non-hydrogen) atoms. The van der Waals surface area contributed by atoms with Crippen molar-refractivity contribution in [2.45, 2.75) is 19.9 Å². The number of benzene rings is 2. The van der Waals surface area contributed by atoms with Crippen LogP contribution in [0.5, 0.6) is 0 Å². The van der Waals surface area contributed by atoms with E-state index >= 15 is 0 Å². The van der Waals surface area contributed by atoms with Gasteiger partial charge >= 0.3 is 0 Å². The Morgan fingerprint density at radius 3 is 2.53 bits per heavy atom. The maximum absolute atomic E-state index is 13.4. The van der Waals surface area contributed by atoms with Crippen LogP contribution in [0.2, 0.25) is 0 Å². The van der Waals surface area contributed by atoms with Crippen molar-refractivity contribution in [2.75, 3.05) is 10.6 Å². The Labute approximate surface area is 185 Å². The second kappa shape index (κ2) is 8.11. The summed E-state index contributed by atoms with van der Waals surface area (Å²) in [4.78, 5) is 22.4. The number of hydrogen-bond donors (Lipinski definition) is 2. The van der Waals surface area contributed by atoms with E-state index in [0.29, 0.717) is 17.3 Å². The number of amides is 1. The largest absolute Gasteiger partial charge is 0.328 e. The van der Waals surface area contributed by atoms with E-state index in [1.807, 2.05) is 80.6 Å². The molecular formula is C25H22N6O. The normalized spacial score (nSPS) is 15.1. The Hall–Kier alpha value is -4.26. The summed E-state index contributed by atoms with van der Waals surface area (Å²) in [5.41, 5.74) is 4.91. The summed E-state index contributed by atoms with van der Waals surface area (Å²) in [6, 6.07) is 20.7. The molecule has 4 aromatic rings. The Morgan fingerprint density at radius 1 is 1.00 bits per heavy atom. The fourth-order valence-corrected chi connectivity index (χ4v) is 3.95. The van der Waals surface area contributed by atoms with Crippen molar-refractivity contribution in [3.05, 3.63) is 102 Å². The number of carbonyl (C=O) groups excluding carboxylic acids is 1.